The second-order valence-corrected chi connectivity index (χ2v) is 5.00. The normalized spacial score (nSPS) is 10.4. The van der Waals surface area contributed by atoms with Gasteiger partial charge in [-0.15, -0.1) is 0 Å². The molecular weight excluding hydrogens is 334 g/mol. The Hall–Kier alpha value is -3.22. The van der Waals surface area contributed by atoms with Crippen molar-refractivity contribution in [2.45, 2.75) is 0 Å². The van der Waals surface area contributed by atoms with Gasteiger partial charge in [-0.1, -0.05) is 60.7 Å². The molecule has 3 aromatic rings. The molecule has 7 heteroatoms. The third-order valence-electron chi connectivity index (χ3n) is 3.37. The van der Waals surface area contributed by atoms with Crippen LogP contribution in [0.2, 0.25) is 0 Å². The molecule has 0 saturated carbocycles. The Kier molecular flexibility index (Phi) is 4.74. The van der Waals surface area contributed by atoms with E-state index in [2.05, 4.69) is 15.5 Å². The van der Waals surface area contributed by atoms with E-state index in [-0.39, 0.29) is 0 Å². The van der Waals surface area contributed by atoms with Gasteiger partial charge in [0.1, 0.15) is 5.69 Å². The number of halogens is 4. The van der Waals surface area contributed by atoms with Crippen molar-refractivity contribution in [1.82, 2.24) is 4.98 Å². The Bertz CT molecular complexity index is 845. The number of hydrazone groups is 1. The molecule has 3 rings (SSSR count). The number of hydrogen-bond acceptors (Lipinski definition) is 3. The zero-order valence-corrected chi connectivity index (χ0v) is 12.7. The molecule has 0 spiro atoms. The molecule has 3 nitrogen and oxygen atoms in total. The quantitative estimate of drug-likeness (QED) is 0.327. The van der Waals surface area contributed by atoms with Crippen molar-refractivity contribution in [3.8, 4) is 0 Å². The number of anilines is 1. The Balaban J connectivity index is 2.07. The van der Waals surface area contributed by atoms with E-state index in [1.165, 1.54) is 0 Å². The molecule has 1 heterocycles. The molecule has 0 saturated heterocycles. The first kappa shape index (κ1) is 16.6. The summed E-state index contributed by atoms with van der Waals surface area (Å²) in [5, 5.41) is 3.96. The van der Waals surface area contributed by atoms with Gasteiger partial charge in [-0.25, -0.2) is 0 Å². The van der Waals surface area contributed by atoms with Crippen molar-refractivity contribution < 1.29 is 17.6 Å². The van der Waals surface area contributed by atoms with Gasteiger partial charge in [0.2, 0.25) is 11.6 Å². The maximum absolute atomic E-state index is 13.7. The summed E-state index contributed by atoms with van der Waals surface area (Å²) in [6.45, 7) is 0. The molecule has 0 aliphatic heterocycles. The molecule has 25 heavy (non-hydrogen) atoms. The zero-order valence-electron chi connectivity index (χ0n) is 12.7. The van der Waals surface area contributed by atoms with Gasteiger partial charge in [-0.05, 0) is 0 Å². The van der Waals surface area contributed by atoms with Crippen molar-refractivity contribution in [3.05, 3.63) is 95.3 Å². The van der Waals surface area contributed by atoms with Gasteiger partial charge >= 0.3 is 0 Å². The van der Waals surface area contributed by atoms with Crippen LogP contribution >= 0.6 is 0 Å². The molecule has 1 N–H and O–H groups in total. The van der Waals surface area contributed by atoms with E-state index in [1.807, 2.05) is 0 Å². The molecule has 0 fully saturated rings. The van der Waals surface area contributed by atoms with E-state index >= 15 is 0 Å². The maximum atomic E-state index is 13.7. The molecular formula is C18H11F4N3. The third-order valence-corrected chi connectivity index (χ3v) is 3.37. The summed E-state index contributed by atoms with van der Waals surface area (Å²) in [5.74, 6) is -6.80. The molecule has 2 aromatic carbocycles. The van der Waals surface area contributed by atoms with E-state index in [0.29, 0.717) is 16.8 Å². The summed E-state index contributed by atoms with van der Waals surface area (Å²) in [5.41, 5.74) is 2.68. The maximum Gasteiger partial charge on any atom is 0.254 e. The minimum absolute atomic E-state index is 0.345. The second-order valence-electron chi connectivity index (χ2n) is 5.00. The summed E-state index contributed by atoms with van der Waals surface area (Å²) >= 11 is 0. The van der Waals surface area contributed by atoms with Gasteiger partial charge in [0.05, 0.1) is 5.71 Å². The number of aromatic nitrogens is 1. The lowest BCUT2D eigenvalue weighted by Gasteiger charge is -2.10. The molecule has 0 amide bonds. The predicted octanol–water partition coefficient (Wildman–Crippen LogP) is 4.50. The van der Waals surface area contributed by atoms with Crippen LogP contribution in [0, 0.1) is 23.5 Å². The Morgan fingerprint density at radius 1 is 0.720 bits per heavy atom. The van der Waals surface area contributed by atoms with Crippen LogP contribution in [-0.2, 0) is 0 Å². The van der Waals surface area contributed by atoms with Crippen molar-refractivity contribution >= 4 is 11.4 Å². The first-order chi connectivity index (χ1) is 12.1. The number of nitrogens with one attached hydrogen (secondary N) is 1. The smallest absolute Gasteiger partial charge is 0.254 e. The monoisotopic (exact) mass is 345 g/mol. The predicted molar refractivity (Wildman–Crippen MR) is 86.2 cm³/mol. The summed E-state index contributed by atoms with van der Waals surface area (Å²) in [7, 11) is 0. The van der Waals surface area contributed by atoms with Crippen LogP contribution in [0.4, 0.5) is 23.2 Å². The lowest BCUT2D eigenvalue weighted by Crippen LogP contribution is -2.10. The minimum atomic E-state index is -1.75. The van der Waals surface area contributed by atoms with Crippen LogP contribution in [0.15, 0.2) is 65.8 Å². The molecule has 0 radical (unpaired) electrons. The van der Waals surface area contributed by atoms with Crippen molar-refractivity contribution in [2.75, 3.05) is 5.43 Å². The molecule has 0 aliphatic carbocycles. The zero-order chi connectivity index (χ0) is 17.8. The summed E-state index contributed by atoms with van der Waals surface area (Å²) < 4.78 is 53.9. The van der Waals surface area contributed by atoms with Crippen LogP contribution < -0.4 is 5.43 Å². The highest BCUT2D eigenvalue weighted by atomic mass is 19.2. The summed E-state index contributed by atoms with van der Waals surface area (Å²) in [6.07, 6.45) is 0. The van der Waals surface area contributed by atoms with Crippen molar-refractivity contribution in [3.63, 3.8) is 0 Å². The van der Waals surface area contributed by atoms with Crippen molar-refractivity contribution in [2.24, 2.45) is 5.10 Å². The second kappa shape index (κ2) is 7.12. The topological polar surface area (TPSA) is 37.3 Å². The molecule has 0 unspecified atom stereocenters. The fraction of sp³-hybridized carbons (Fsp3) is 0. The number of nitrogens with zero attached hydrogens (tertiary/aromatic N) is 2. The van der Waals surface area contributed by atoms with Gasteiger partial charge in [-0.2, -0.15) is 27.6 Å². The van der Waals surface area contributed by atoms with Crippen LogP contribution in [0.25, 0.3) is 0 Å². The minimum Gasteiger partial charge on any atom is -0.272 e. The Morgan fingerprint density at radius 3 is 1.60 bits per heavy atom. The number of pyridine rings is 1. The van der Waals surface area contributed by atoms with Crippen LogP contribution in [-0.4, -0.2) is 10.7 Å². The van der Waals surface area contributed by atoms with E-state index in [4.69, 9.17) is 0 Å². The summed E-state index contributed by atoms with van der Waals surface area (Å²) in [4.78, 5) is 2.50. The molecule has 0 aliphatic rings. The van der Waals surface area contributed by atoms with Crippen molar-refractivity contribution in [1.29, 1.82) is 0 Å². The van der Waals surface area contributed by atoms with E-state index < -0.39 is 29.2 Å². The lowest BCUT2D eigenvalue weighted by atomic mass is 10.0. The highest BCUT2D eigenvalue weighted by Crippen LogP contribution is 2.22. The number of hydrogen-bond donors (Lipinski definition) is 1. The molecule has 126 valence electrons. The highest BCUT2D eigenvalue weighted by molar-refractivity contribution is 6.13. The van der Waals surface area contributed by atoms with Gasteiger partial charge in [-0.3, -0.25) is 5.43 Å². The fourth-order valence-electron chi connectivity index (χ4n) is 2.18. The molecule has 0 atom stereocenters. The van der Waals surface area contributed by atoms with E-state index in [0.717, 1.165) is 0 Å². The SMILES string of the molecule is Fc1nc(F)c(F)c(NN=C(c2ccccc2)c2ccccc2)c1F. The Morgan fingerprint density at radius 2 is 1.16 bits per heavy atom. The lowest BCUT2D eigenvalue weighted by molar-refractivity contribution is 0.411. The molecule has 1 aromatic heterocycles. The third kappa shape index (κ3) is 3.50. The average Bonchev–Trinajstić information content (AvgIpc) is 2.64. The first-order valence-corrected chi connectivity index (χ1v) is 7.22. The Labute approximate surface area is 140 Å². The van der Waals surface area contributed by atoms with E-state index in [1.54, 1.807) is 60.7 Å². The number of rotatable bonds is 4. The molecule has 0 bridgehead atoms. The average molecular weight is 345 g/mol. The number of benzene rings is 2. The first-order valence-electron chi connectivity index (χ1n) is 7.22. The summed E-state index contributed by atoms with van der Waals surface area (Å²) in [6, 6.07) is 17.6. The largest absolute Gasteiger partial charge is 0.272 e. The van der Waals surface area contributed by atoms with Gasteiger partial charge in [0.15, 0.2) is 0 Å². The highest BCUT2D eigenvalue weighted by Gasteiger charge is 2.20. The van der Waals surface area contributed by atoms with Gasteiger partial charge in [0.25, 0.3) is 11.9 Å². The van der Waals surface area contributed by atoms with Gasteiger partial charge < -0.3 is 0 Å². The standard InChI is InChI=1S/C18H11F4N3/c19-13-16(14(20)18(22)23-17(13)21)25-24-15(11-7-3-1-4-8-11)12-9-5-2-6-10-12/h1-10H,(H,23,25). The van der Waals surface area contributed by atoms with Crippen LogP contribution in [0.3, 0.4) is 0 Å². The van der Waals surface area contributed by atoms with Crippen LogP contribution in [0.1, 0.15) is 11.1 Å². The van der Waals surface area contributed by atoms with Crippen LogP contribution in [0.5, 0.6) is 0 Å². The van der Waals surface area contributed by atoms with E-state index in [9.17, 15) is 17.6 Å². The fourth-order valence-corrected chi connectivity index (χ4v) is 2.18. The van der Waals surface area contributed by atoms with Gasteiger partial charge in [0, 0.05) is 11.1 Å².